The van der Waals surface area contributed by atoms with Gasteiger partial charge in [-0.2, -0.15) is 8.42 Å². The van der Waals surface area contributed by atoms with Gasteiger partial charge in [0.1, 0.15) is 4.90 Å². The van der Waals surface area contributed by atoms with Crippen LogP contribution in [0.1, 0.15) is 71.3 Å². The molecule has 1 saturated heterocycles. The summed E-state index contributed by atoms with van der Waals surface area (Å²) in [7, 11) is -3.61. The third-order valence-electron chi connectivity index (χ3n) is 6.28. The van der Waals surface area contributed by atoms with E-state index in [9.17, 15) is 13.2 Å². The van der Waals surface area contributed by atoms with Gasteiger partial charge in [0.05, 0.1) is 0 Å². The first-order valence-electron chi connectivity index (χ1n) is 11.4. The Morgan fingerprint density at radius 3 is 2.53 bits per heavy atom. The molecule has 6 nitrogen and oxygen atoms in total. The fourth-order valence-corrected chi connectivity index (χ4v) is 5.77. The summed E-state index contributed by atoms with van der Waals surface area (Å²) in [6.45, 7) is 8.66. The van der Waals surface area contributed by atoms with Gasteiger partial charge in [0.15, 0.2) is 5.84 Å². The van der Waals surface area contributed by atoms with Crippen LogP contribution in [0.2, 0.25) is 0 Å². The minimum atomic E-state index is -3.61. The molecule has 7 heteroatoms. The Morgan fingerprint density at radius 2 is 1.87 bits per heavy atom. The Morgan fingerprint density at radius 1 is 1.17 bits per heavy atom. The summed E-state index contributed by atoms with van der Waals surface area (Å²) in [6.07, 6.45) is 6.93. The molecule has 0 saturated carbocycles. The second-order valence-corrected chi connectivity index (χ2v) is 10.1. The maximum absolute atomic E-state index is 13.3. The summed E-state index contributed by atoms with van der Waals surface area (Å²) in [5, 5.41) is 0. The van der Waals surface area contributed by atoms with Crippen LogP contribution >= 0.6 is 0 Å². The SMILES string of the molecule is CCCCCN(C(=O)C1CCN(C2=NS(=O)(=O)c3ccccc32)CC1)C(C)CCC. The third kappa shape index (κ3) is 4.88. The number of nitrogens with zero attached hydrogens (tertiary/aromatic N) is 3. The van der Waals surface area contributed by atoms with Crippen LogP contribution in [-0.2, 0) is 14.8 Å². The van der Waals surface area contributed by atoms with Crippen molar-refractivity contribution < 1.29 is 13.2 Å². The van der Waals surface area contributed by atoms with Gasteiger partial charge in [0, 0.05) is 37.2 Å². The summed E-state index contributed by atoms with van der Waals surface area (Å²) in [5.74, 6) is 0.819. The fraction of sp³-hybridized carbons (Fsp3) is 0.652. The van der Waals surface area contributed by atoms with E-state index in [4.69, 9.17) is 0 Å². The van der Waals surface area contributed by atoms with Crippen molar-refractivity contribution in [1.82, 2.24) is 9.80 Å². The lowest BCUT2D eigenvalue weighted by Crippen LogP contribution is -2.47. The Labute approximate surface area is 181 Å². The molecule has 2 heterocycles. The number of benzene rings is 1. The number of sulfonamides is 1. The minimum absolute atomic E-state index is 0.0102. The number of rotatable bonds is 8. The zero-order chi connectivity index (χ0) is 21.7. The number of carbonyl (C=O) groups is 1. The van der Waals surface area contributed by atoms with Gasteiger partial charge in [-0.1, -0.05) is 45.2 Å². The Hall–Kier alpha value is -1.89. The predicted octanol–water partition coefficient (Wildman–Crippen LogP) is 4.05. The lowest BCUT2D eigenvalue weighted by atomic mass is 9.93. The third-order valence-corrected chi connectivity index (χ3v) is 7.61. The molecule has 0 aromatic heterocycles. The monoisotopic (exact) mass is 433 g/mol. The number of piperidine rings is 1. The highest BCUT2D eigenvalue weighted by Gasteiger charge is 2.35. The van der Waals surface area contributed by atoms with Gasteiger partial charge in [0.25, 0.3) is 10.0 Å². The number of carbonyl (C=O) groups excluding carboxylic acids is 1. The highest BCUT2D eigenvalue weighted by Crippen LogP contribution is 2.30. The van der Waals surface area contributed by atoms with Crippen LogP contribution in [0.3, 0.4) is 0 Å². The van der Waals surface area contributed by atoms with E-state index in [1.807, 2.05) is 17.0 Å². The quantitative estimate of drug-likeness (QED) is 0.580. The van der Waals surface area contributed by atoms with Crippen molar-refractivity contribution >= 4 is 21.8 Å². The molecule has 1 aromatic rings. The van der Waals surface area contributed by atoms with Gasteiger partial charge >= 0.3 is 0 Å². The molecule has 3 rings (SSSR count). The number of amides is 1. The largest absolute Gasteiger partial charge is 0.355 e. The van der Waals surface area contributed by atoms with Gasteiger partial charge in [0.2, 0.25) is 5.91 Å². The summed E-state index contributed by atoms with van der Waals surface area (Å²) < 4.78 is 28.7. The molecule has 1 unspecified atom stereocenters. The van der Waals surface area contributed by atoms with Crippen LogP contribution in [0.4, 0.5) is 0 Å². The Kier molecular flexibility index (Phi) is 7.55. The number of hydrogen-bond acceptors (Lipinski definition) is 4. The first-order chi connectivity index (χ1) is 14.4. The number of amidine groups is 1. The van der Waals surface area contributed by atoms with Gasteiger partial charge in [-0.25, -0.2) is 0 Å². The van der Waals surface area contributed by atoms with Crippen molar-refractivity contribution in [3.8, 4) is 0 Å². The number of unbranched alkanes of at least 4 members (excludes halogenated alkanes) is 2. The molecule has 0 bridgehead atoms. The molecule has 0 aliphatic carbocycles. The summed E-state index contributed by atoms with van der Waals surface area (Å²) in [6, 6.07) is 7.27. The van der Waals surface area contributed by atoms with Crippen LogP contribution in [0.5, 0.6) is 0 Å². The molecule has 2 aliphatic rings. The fourth-order valence-electron chi connectivity index (χ4n) is 4.54. The predicted molar refractivity (Wildman–Crippen MR) is 120 cm³/mol. The first kappa shape index (κ1) is 22.8. The maximum atomic E-state index is 13.3. The minimum Gasteiger partial charge on any atom is -0.355 e. The highest BCUT2D eigenvalue weighted by atomic mass is 32.2. The van der Waals surface area contributed by atoms with Crippen molar-refractivity contribution in [3.05, 3.63) is 29.8 Å². The average molecular weight is 434 g/mol. The van der Waals surface area contributed by atoms with E-state index in [0.29, 0.717) is 24.5 Å². The maximum Gasteiger partial charge on any atom is 0.285 e. The zero-order valence-corrected chi connectivity index (χ0v) is 19.3. The number of likely N-dealkylation sites (tertiary alicyclic amines) is 1. The van der Waals surface area contributed by atoms with Crippen LogP contribution in [0, 0.1) is 5.92 Å². The summed E-state index contributed by atoms with van der Waals surface area (Å²) in [4.78, 5) is 17.7. The first-order valence-corrected chi connectivity index (χ1v) is 12.8. The smallest absolute Gasteiger partial charge is 0.285 e. The van der Waals surface area contributed by atoms with Gasteiger partial charge in [-0.3, -0.25) is 4.79 Å². The van der Waals surface area contributed by atoms with E-state index in [-0.39, 0.29) is 22.8 Å². The average Bonchev–Trinajstić information content (AvgIpc) is 3.02. The van der Waals surface area contributed by atoms with Crippen molar-refractivity contribution in [1.29, 1.82) is 0 Å². The van der Waals surface area contributed by atoms with Crippen LogP contribution in [-0.4, -0.2) is 55.6 Å². The standard InChI is InChI=1S/C23H35N3O3S/c1-4-6-9-15-26(18(3)10-5-2)23(27)19-13-16-25(17-14-19)22-20-11-7-8-12-21(20)30(28,29)24-22/h7-8,11-12,18-19H,4-6,9-10,13-17H2,1-3H3. The van der Waals surface area contributed by atoms with E-state index >= 15 is 0 Å². The molecule has 1 amide bonds. The summed E-state index contributed by atoms with van der Waals surface area (Å²) >= 11 is 0. The molecule has 0 N–H and O–H groups in total. The molecule has 0 spiro atoms. The highest BCUT2D eigenvalue weighted by molar-refractivity contribution is 7.90. The molecule has 1 aromatic carbocycles. The molecule has 0 radical (unpaired) electrons. The van der Waals surface area contributed by atoms with Gasteiger partial charge in [-0.05, 0) is 44.7 Å². The Bertz CT molecular complexity index is 873. The molecular formula is C23H35N3O3S. The second kappa shape index (κ2) is 9.94. The van der Waals surface area contributed by atoms with E-state index in [0.717, 1.165) is 51.5 Å². The van der Waals surface area contributed by atoms with Crippen LogP contribution < -0.4 is 0 Å². The van der Waals surface area contributed by atoms with Crippen molar-refractivity contribution in [2.24, 2.45) is 10.3 Å². The molecule has 1 atom stereocenters. The normalized spacial score (nSPS) is 19.3. The van der Waals surface area contributed by atoms with Crippen molar-refractivity contribution in [3.63, 3.8) is 0 Å². The van der Waals surface area contributed by atoms with E-state index in [1.54, 1.807) is 12.1 Å². The molecular weight excluding hydrogens is 398 g/mol. The van der Waals surface area contributed by atoms with Crippen LogP contribution in [0.25, 0.3) is 0 Å². The zero-order valence-electron chi connectivity index (χ0n) is 18.5. The van der Waals surface area contributed by atoms with Gasteiger partial charge < -0.3 is 9.80 Å². The lowest BCUT2D eigenvalue weighted by Gasteiger charge is -2.37. The summed E-state index contributed by atoms with van der Waals surface area (Å²) in [5.41, 5.74) is 0.681. The Balaban J connectivity index is 1.66. The van der Waals surface area contributed by atoms with Gasteiger partial charge in [-0.15, -0.1) is 4.40 Å². The molecule has 30 heavy (non-hydrogen) atoms. The molecule has 1 fully saturated rings. The van der Waals surface area contributed by atoms with Crippen molar-refractivity contribution in [2.75, 3.05) is 19.6 Å². The van der Waals surface area contributed by atoms with Crippen LogP contribution in [0.15, 0.2) is 33.6 Å². The van der Waals surface area contributed by atoms with E-state index in [1.165, 1.54) is 0 Å². The second-order valence-electron chi connectivity index (χ2n) is 8.52. The molecule has 166 valence electrons. The lowest BCUT2D eigenvalue weighted by molar-refractivity contribution is -0.139. The topological polar surface area (TPSA) is 70.1 Å². The van der Waals surface area contributed by atoms with E-state index < -0.39 is 10.0 Å². The molecule has 2 aliphatic heterocycles. The van der Waals surface area contributed by atoms with E-state index in [2.05, 4.69) is 30.1 Å². The number of hydrogen-bond donors (Lipinski definition) is 0. The number of fused-ring (bicyclic) bond motifs is 1. The van der Waals surface area contributed by atoms with Crippen molar-refractivity contribution in [2.45, 2.75) is 76.7 Å².